The molecule has 0 radical (unpaired) electrons. The molecule has 0 unspecified atom stereocenters. The molecular formula is C15H27N3O2. The molecule has 20 heavy (non-hydrogen) atoms. The van der Waals surface area contributed by atoms with Crippen molar-refractivity contribution in [3.63, 3.8) is 0 Å². The Bertz CT molecular complexity index is 350. The summed E-state index contributed by atoms with van der Waals surface area (Å²) in [6.07, 6.45) is 4.59. The summed E-state index contributed by atoms with van der Waals surface area (Å²) in [5.41, 5.74) is 0. The lowest BCUT2D eigenvalue weighted by atomic mass is 10.3. The van der Waals surface area contributed by atoms with Gasteiger partial charge in [-0.2, -0.15) is 0 Å². The molecule has 1 heterocycles. The molecule has 1 aromatic heterocycles. The highest BCUT2D eigenvalue weighted by atomic mass is 16.5. The number of nitrogens with zero attached hydrogens (tertiary/aromatic N) is 1. The molecular weight excluding hydrogens is 254 g/mol. The third-order valence-electron chi connectivity index (χ3n) is 2.70. The fraction of sp³-hybridized carbons (Fsp3) is 0.667. The average Bonchev–Trinajstić information content (AvgIpc) is 2.97. The van der Waals surface area contributed by atoms with E-state index in [-0.39, 0.29) is 0 Å². The number of rotatable bonds is 10. The molecule has 5 nitrogen and oxygen atoms in total. The van der Waals surface area contributed by atoms with E-state index in [0.29, 0.717) is 0 Å². The van der Waals surface area contributed by atoms with Gasteiger partial charge < -0.3 is 19.8 Å². The topological polar surface area (TPSA) is 58.8 Å². The molecule has 114 valence electrons. The first-order chi connectivity index (χ1) is 9.86. The Hall–Kier alpha value is -1.49. The second-order valence-electron chi connectivity index (χ2n) is 4.46. The maximum absolute atomic E-state index is 5.31. The zero-order valence-corrected chi connectivity index (χ0v) is 12.7. The highest BCUT2D eigenvalue weighted by Crippen LogP contribution is 1.99. The highest BCUT2D eigenvalue weighted by molar-refractivity contribution is 5.79. The van der Waals surface area contributed by atoms with Gasteiger partial charge in [-0.15, -0.1) is 0 Å². The van der Waals surface area contributed by atoms with Crippen LogP contribution in [0.3, 0.4) is 0 Å². The van der Waals surface area contributed by atoms with Crippen LogP contribution in [0.15, 0.2) is 27.8 Å². The van der Waals surface area contributed by atoms with Crippen LogP contribution in [0.1, 0.15) is 32.4 Å². The summed E-state index contributed by atoms with van der Waals surface area (Å²) >= 11 is 0. The first-order valence-electron chi connectivity index (χ1n) is 7.49. The van der Waals surface area contributed by atoms with Crippen molar-refractivity contribution >= 4 is 5.96 Å². The van der Waals surface area contributed by atoms with Crippen LogP contribution in [-0.4, -0.2) is 38.8 Å². The second-order valence-corrected chi connectivity index (χ2v) is 4.46. The lowest BCUT2D eigenvalue weighted by molar-refractivity contribution is 0.145. The van der Waals surface area contributed by atoms with E-state index in [1.807, 2.05) is 19.1 Å². The molecule has 2 N–H and O–H groups in total. The summed E-state index contributed by atoms with van der Waals surface area (Å²) in [4.78, 5) is 4.50. The van der Waals surface area contributed by atoms with Gasteiger partial charge >= 0.3 is 0 Å². The van der Waals surface area contributed by atoms with E-state index >= 15 is 0 Å². The largest absolute Gasteiger partial charge is 0.469 e. The van der Waals surface area contributed by atoms with E-state index in [0.717, 1.165) is 63.8 Å². The fourth-order valence-electron chi connectivity index (χ4n) is 1.68. The van der Waals surface area contributed by atoms with E-state index in [4.69, 9.17) is 9.15 Å². The van der Waals surface area contributed by atoms with Gasteiger partial charge in [0.15, 0.2) is 5.96 Å². The summed E-state index contributed by atoms with van der Waals surface area (Å²) in [5, 5.41) is 6.64. The smallest absolute Gasteiger partial charge is 0.191 e. The van der Waals surface area contributed by atoms with Gasteiger partial charge in [0.25, 0.3) is 0 Å². The van der Waals surface area contributed by atoms with Crippen LogP contribution in [0.4, 0.5) is 0 Å². The number of guanidine groups is 1. The molecule has 5 heteroatoms. The Morgan fingerprint density at radius 3 is 2.85 bits per heavy atom. The normalized spacial score (nSPS) is 11.6. The molecule has 0 aliphatic rings. The van der Waals surface area contributed by atoms with Crippen molar-refractivity contribution in [2.45, 2.75) is 33.1 Å². The maximum atomic E-state index is 5.31. The van der Waals surface area contributed by atoms with E-state index < -0.39 is 0 Å². The van der Waals surface area contributed by atoms with Crippen LogP contribution in [0.25, 0.3) is 0 Å². The molecule has 0 bridgehead atoms. The van der Waals surface area contributed by atoms with Gasteiger partial charge in [-0.1, -0.05) is 6.92 Å². The highest BCUT2D eigenvalue weighted by Gasteiger charge is 1.99. The summed E-state index contributed by atoms with van der Waals surface area (Å²) < 4.78 is 10.6. The molecule has 0 saturated carbocycles. The van der Waals surface area contributed by atoms with E-state index in [2.05, 4.69) is 22.5 Å². The Kier molecular flexibility index (Phi) is 9.40. The molecule has 0 aliphatic carbocycles. The van der Waals surface area contributed by atoms with Crippen LogP contribution >= 0.6 is 0 Å². The zero-order valence-electron chi connectivity index (χ0n) is 12.7. The molecule has 0 spiro atoms. The van der Waals surface area contributed by atoms with Crippen molar-refractivity contribution in [1.82, 2.24) is 10.6 Å². The quantitative estimate of drug-likeness (QED) is 0.392. The summed E-state index contributed by atoms with van der Waals surface area (Å²) in [5.74, 6) is 1.86. The lowest BCUT2D eigenvalue weighted by Gasteiger charge is -2.12. The van der Waals surface area contributed by atoms with Gasteiger partial charge in [-0.3, -0.25) is 4.99 Å². The van der Waals surface area contributed by atoms with Crippen molar-refractivity contribution in [2.24, 2.45) is 4.99 Å². The maximum Gasteiger partial charge on any atom is 0.191 e. The molecule has 0 amide bonds. The first kappa shape index (κ1) is 16.6. The standard InChI is InChI=1S/C15H27N3O2/c1-3-9-16-15(17-10-6-12-19-4-2)18-11-8-14-7-5-13-20-14/h5,7,13H,3-4,6,8-12H2,1-2H3,(H2,16,17,18). The predicted octanol–water partition coefficient (Wildman–Crippen LogP) is 2.19. The van der Waals surface area contributed by atoms with Gasteiger partial charge in [0.2, 0.25) is 0 Å². The van der Waals surface area contributed by atoms with Crippen molar-refractivity contribution in [2.75, 3.05) is 32.8 Å². The van der Waals surface area contributed by atoms with Crippen molar-refractivity contribution in [3.8, 4) is 0 Å². The lowest BCUT2D eigenvalue weighted by Crippen LogP contribution is -2.39. The van der Waals surface area contributed by atoms with Gasteiger partial charge in [-0.25, -0.2) is 0 Å². The first-order valence-corrected chi connectivity index (χ1v) is 7.49. The molecule has 0 fully saturated rings. The summed E-state index contributed by atoms with van der Waals surface area (Å²) in [6, 6.07) is 3.90. The monoisotopic (exact) mass is 281 g/mol. The predicted molar refractivity (Wildman–Crippen MR) is 82.1 cm³/mol. The Labute approximate surface area is 121 Å². The molecule has 0 aliphatic heterocycles. The minimum atomic E-state index is 0.776. The van der Waals surface area contributed by atoms with Crippen LogP contribution < -0.4 is 10.6 Å². The van der Waals surface area contributed by atoms with E-state index in [1.54, 1.807) is 6.26 Å². The summed E-state index contributed by atoms with van der Waals surface area (Å²) in [6.45, 7) is 8.22. The number of ether oxygens (including phenoxy) is 1. The number of hydrogen-bond acceptors (Lipinski definition) is 3. The van der Waals surface area contributed by atoms with Gasteiger partial charge in [0.05, 0.1) is 6.26 Å². The fourth-order valence-corrected chi connectivity index (χ4v) is 1.68. The van der Waals surface area contributed by atoms with Crippen LogP contribution in [0, 0.1) is 0 Å². The van der Waals surface area contributed by atoms with Crippen molar-refractivity contribution in [3.05, 3.63) is 24.2 Å². The third-order valence-corrected chi connectivity index (χ3v) is 2.70. The van der Waals surface area contributed by atoms with Crippen LogP contribution in [-0.2, 0) is 11.2 Å². The zero-order chi connectivity index (χ0) is 14.5. The van der Waals surface area contributed by atoms with Crippen molar-refractivity contribution in [1.29, 1.82) is 0 Å². The van der Waals surface area contributed by atoms with Crippen LogP contribution in [0.5, 0.6) is 0 Å². The number of aliphatic imine (C=N–C) groups is 1. The van der Waals surface area contributed by atoms with E-state index in [9.17, 15) is 0 Å². The van der Waals surface area contributed by atoms with Gasteiger partial charge in [0.1, 0.15) is 5.76 Å². The minimum Gasteiger partial charge on any atom is -0.469 e. The molecule has 0 atom stereocenters. The molecule has 0 saturated heterocycles. The minimum absolute atomic E-state index is 0.776. The number of furan rings is 1. The Morgan fingerprint density at radius 1 is 1.30 bits per heavy atom. The Morgan fingerprint density at radius 2 is 2.15 bits per heavy atom. The molecule has 1 aromatic rings. The third kappa shape index (κ3) is 7.84. The Balaban J connectivity index is 2.21. The van der Waals surface area contributed by atoms with Gasteiger partial charge in [-0.05, 0) is 31.9 Å². The van der Waals surface area contributed by atoms with E-state index in [1.165, 1.54) is 0 Å². The number of nitrogens with one attached hydrogen (secondary N) is 2. The van der Waals surface area contributed by atoms with Crippen molar-refractivity contribution < 1.29 is 9.15 Å². The average molecular weight is 281 g/mol. The number of hydrogen-bond donors (Lipinski definition) is 2. The second kappa shape index (κ2) is 11.3. The molecule has 0 aromatic carbocycles. The summed E-state index contributed by atoms with van der Waals surface area (Å²) in [7, 11) is 0. The molecule has 1 rings (SSSR count). The van der Waals surface area contributed by atoms with Crippen LogP contribution in [0.2, 0.25) is 0 Å². The SMILES string of the molecule is CCCN=C(NCCCOCC)NCCc1ccco1. The van der Waals surface area contributed by atoms with Gasteiger partial charge in [0, 0.05) is 39.3 Å².